The van der Waals surface area contributed by atoms with E-state index in [-0.39, 0.29) is 29.8 Å². The molecule has 2 N–H and O–H groups in total. The number of hydrogen-bond acceptors (Lipinski definition) is 2. The lowest BCUT2D eigenvalue weighted by Crippen LogP contribution is -2.44. The molecule has 1 aliphatic rings. The van der Waals surface area contributed by atoms with Crippen molar-refractivity contribution in [1.29, 1.82) is 0 Å². The molecule has 2 rings (SSSR count). The largest absolute Gasteiger partial charge is 0.357 e. The predicted molar refractivity (Wildman–Crippen MR) is 100 cm³/mol. The second-order valence-corrected chi connectivity index (χ2v) is 5.48. The topological polar surface area (TPSA) is 39.7 Å². The molecule has 1 aromatic carbocycles. The predicted octanol–water partition coefficient (Wildman–Crippen LogP) is 2.59. The van der Waals surface area contributed by atoms with Crippen molar-refractivity contribution in [1.82, 2.24) is 15.5 Å². The maximum atomic E-state index is 12.9. The van der Waals surface area contributed by atoms with Crippen molar-refractivity contribution in [3.8, 4) is 0 Å². The van der Waals surface area contributed by atoms with Crippen molar-refractivity contribution in [3.63, 3.8) is 0 Å². The highest BCUT2D eigenvalue weighted by Gasteiger charge is 2.20. The maximum Gasteiger partial charge on any atom is 0.191 e. The van der Waals surface area contributed by atoms with Crippen LogP contribution in [-0.4, -0.2) is 43.6 Å². The van der Waals surface area contributed by atoms with Gasteiger partial charge in [-0.25, -0.2) is 9.38 Å². The number of benzene rings is 1. The summed E-state index contributed by atoms with van der Waals surface area (Å²) in [4.78, 5) is 6.94. The number of guanidine groups is 1. The molecule has 4 nitrogen and oxygen atoms in total. The van der Waals surface area contributed by atoms with Gasteiger partial charge in [0.2, 0.25) is 0 Å². The highest BCUT2D eigenvalue weighted by molar-refractivity contribution is 14.0. The molecule has 1 fully saturated rings. The molecular formula is C16H26FIN4. The van der Waals surface area contributed by atoms with Crippen molar-refractivity contribution in [2.45, 2.75) is 32.4 Å². The Hall–Kier alpha value is -0.890. The second-order valence-electron chi connectivity index (χ2n) is 5.48. The van der Waals surface area contributed by atoms with E-state index in [1.165, 1.54) is 31.5 Å². The summed E-state index contributed by atoms with van der Waals surface area (Å²) in [5.41, 5.74) is 1.01. The second kappa shape index (κ2) is 9.99. The highest BCUT2D eigenvalue weighted by atomic mass is 127. The molecule has 1 saturated heterocycles. The van der Waals surface area contributed by atoms with Crippen LogP contribution in [0.15, 0.2) is 29.3 Å². The first-order chi connectivity index (χ1) is 10.2. The first-order valence-electron chi connectivity index (χ1n) is 7.66. The minimum Gasteiger partial charge on any atom is -0.357 e. The van der Waals surface area contributed by atoms with Gasteiger partial charge < -0.3 is 15.5 Å². The van der Waals surface area contributed by atoms with E-state index in [0.717, 1.165) is 24.6 Å². The number of aliphatic imine (C=N–C) groups is 1. The van der Waals surface area contributed by atoms with Crippen LogP contribution in [0.3, 0.4) is 0 Å². The number of likely N-dealkylation sites (tertiary alicyclic amines) is 1. The highest BCUT2D eigenvalue weighted by Crippen LogP contribution is 2.13. The Morgan fingerprint density at radius 2 is 2.05 bits per heavy atom. The Morgan fingerprint density at radius 1 is 1.32 bits per heavy atom. The molecule has 0 radical (unpaired) electrons. The Balaban J connectivity index is 0.00000242. The molecule has 0 bridgehead atoms. The summed E-state index contributed by atoms with van der Waals surface area (Å²) in [6.45, 7) is 5.52. The van der Waals surface area contributed by atoms with Crippen LogP contribution in [0.5, 0.6) is 0 Å². The van der Waals surface area contributed by atoms with Gasteiger partial charge in [0.05, 0.1) is 6.54 Å². The average molecular weight is 420 g/mol. The molecule has 0 aliphatic carbocycles. The van der Waals surface area contributed by atoms with Gasteiger partial charge in [-0.1, -0.05) is 12.1 Å². The first-order valence-corrected chi connectivity index (χ1v) is 7.66. The van der Waals surface area contributed by atoms with E-state index in [4.69, 9.17) is 0 Å². The van der Waals surface area contributed by atoms with Crippen LogP contribution in [0.25, 0.3) is 0 Å². The molecule has 1 heterocycles. The lowest BCUT2D eigenvalue weighted by molar-refractivity contribution is 0.309. The molecule has 124 valence electrons. The summed E-state index contributed by atoms with van der Waals surface area (Å²) < 4.78 is 12.9. The van der Waals surface area contributed by atoms with Gasteiger partial charge in [0.25, 0.3) is 0 Å². The zero-order valence-corrected chi connectivity index (χ0v) is 15.6. The van der Waals surface area contributed by atoms with Crippen LogP contribution in [0.4, 0.5) is 4.39 Å². The number of likely N-dealkylation sites (N-methyl/N-ethyl adjacent to an activating group) is 1. The Morgan fingerprint density at radius 3 is 2.64 bits per heavy atom. The van der Waals surface area contributed by atoms with Crippen molar-refractivity contribution < 1.29 is 4.39 Å². The molecule has 1 atom stereocenters. The van der Waals surface area contributed by atoms with Gasteiger partial charge in [-0.2, -0.15) is 0 Å². The molecule has 1 aromatic rings. The third-order valence-corrected chi connectivity index (χ3v) is 3.85. The number of rotatable bonds is 5. The lowest BCUT2D eigenvalue weighted by Gasteiger charge is -2.21. The Labute approximate surface area is 149 Å². The summed E-state index contributed by atoms with van der Waals surface area (Å²) in [5.74, 6) is 0.610. The number of nitrogens with zero attached hydrogens (tertiary/aromatic N) is 2. The average Bonchev–Trinajstić information content (AvgIpc) is 2.89. The summed E-state index contributed by atoms with van der Waals surface area (Å²) in [7, 11) is 2.17. The number of nitrogens with one attached hydrogen (secondary N) is 2. The van der Waals surface area contributed by atoms with Crippen molar-refractivity contribution in [3.05, 3.63) is 35.6 Å². The van der Waals surface area contributed by atoms with E-state index >= 15 is 0 Å². The first kappa shape index (κ1) is 19.2. The van der Waals surface area contributed by atoms with Crippen LogP contribution >= 0.6 is 24.0 Å². The van der Waals surface area contributed by atoms with E-state index in [2.05, 4.69) is 34.5 Å². The smallest absolute Gasteiger partial charge is 0.191 e. The molecule has 0 saturated carbocycles. The van der Waals surface area contributed by atoms with E-state index in [1.807, 2.05) is 0 Å². The summed E-state index contributed by atoms with van der Waals surface area (Å²) in [6.07, 6.45) is 2.51. The van der Waals surface area contributed by atoms with E-state index in [9.17, 15) is 4.39 Å². The van der Waals surface area contributed by atoms with Crippen LogP contribution in [0.2, 0.25) is 0 Å². The monoisotopic (exact) mass is 420 g/mol. The molecule has 22 heavy (non-hydrogen) atoms. The summed E-state index contributed by atoms with van der Waals surface area (Å²) >= 11 is 0. The number of hydrogen-bond donors (Lipinski definition) is 2. The van der Waals surface area contributed by atoms with Gasteiger partial charge in [0.15, 0.2) is 5.96 Å². The van der Waals surface area contributed by atoms with Gasteiger partial charge in [-0.3, -0.25) is 0 Å². The maximum absolute atomic E-state index is 12.9. The van der Waals surface area contributed by atoms with E-state index < -0.39 is 0 Å². The molecule has 0 amide bonds. The molecular weight excluding hydrogens is 394 g/mol. The number of halogens is 2. The lowest BCUT2D eigenvalue weighted by atomic mass is 10.2. The SMILES string of the molecule is CCNC(=NCc1ccc(F)cc1)NCC1CCCN1C.I. The molecule has 1 aliphatic heterocycles. The molecule has 0 spiro atoms. The van der Waals surface area contributed by atoms with Gasteiger partial charge >= 0.3 is 0 Å². The summed E-state index contributed by atoms with van der Waals surface area (Å²) in [6, 6.07) is 7.07. The zero-order valence-electron chi connectivity index (χ0n) is 13.3. The minimum atomic E-state index is -0.211. The fourth-order valence-corrected chi connectivity index (χ4v) is 2.55. The third kappa shape index (κ3) is 6.08. The fourth-order valence-electron chi connectivity index (χ4n) is 2.55. The van der Waals surface area contributed by atoms with Crippen molar-refractivity contribution >= 4 is 29.9 Å². The van der Waals surface area contributed by atoms with Crippen molar-refractivity contribution in [2.24, 2.45) is 4.99 Å². The normalized spacial score (nSPS) is 18.9. The zero-order chi connectivity index (χ0) is 15.1. The van der Waals surface area contributed by atoms with Crippen LogP contribution in [-0.2, 0) is 6.54 Å². The Kier molecular flexibility index (Phi) is 8.70. The summed E-state index contributed by atoms with van der Waals surface area (Å²) in [5, 5.41) is 6.65. The standard InChI is InChI=1S/C16H25FN4.HI/c1-3-18-16(20-12-15-5-4-10-21(15)2)19-11-13-6-8-14(17)9-7-13;/h6-9,15H,3-5,10-12H2,1-2H3,(H2,18,19,20);1H. The molecule has 0 aromatic heterocycles. The van der Waals surface area contributed by atoms with Gasteiger partial charge in [0.1, 0.15) is 5.82 Å². The van der Waals surface area contributed by atoms with Crippen LogP contribution in [0.1, 0.15) is 25.3 Å². The van der Waals surface area contributed by atoms with Crippen LogP contribution in [0, 0.1) is 5.82 Å². The minimum absolute atomic E-state index is 0. The molecule has 1 unspecified atom stereocenters. The van der Waals surface area contributed by atoms with E-state index in [0.29, 0.717) is 12.6 Å². The van der Waals surface area contributed by atoms with Crippen molar-refractivity contribution in [2.75, 3.05) is 26.7 Å². The van der Waals surface area contributed by atoms with Gasteiger partial charge in [-0.15, -0.1) is 24.0 Å². The van der Waals surface area contributed by atoms with E-state index in [1.54, 1.807) is 12.1 Å². The Bertz CT molecular complexity index is 464. The fraction of sp³-hybridized carbons (Fsp3) is 0.562. The quantitative estimate of drug-likeness (QED) is 0.437. The van der Waals surface area contributed by atoms with Gasteiger partial charge in [0, 0.05) is 19.1 Å². The molecule has 6 heteroatoms. The van der Waals surface area contributed by atoms with Gasteiger partial charge in [-0.05, 0) is 51.1 Å². The third-order valence-electron chi connectivity index (χ3n) is 3.85. The van der Waals surface area contributed by atoms with Crippen LogP contribution < -0.4 is 10.6 Å².